The van der Waals surface area contributed by atoms with E-state index in [0.717, 1.165) is 32.8 Å². The lowest BCUT2D eigenvalue weighted by molar-refractivity contribution is -0.737. The molecule has 3 aromatic rings. The van der Waals surface area contributed by atoms with Crippen LogP contribution in [0.5, 0.6) is 5.75 Å². The van der Waals surface area contributed by atoms with Gasteiger partial charge in [-0.15, -0.1) is 0 Å². The molecule has 0 unspecified atom stereocenters. The van der Waals surface area contributed by atoms with Crippen LogP contribution in [0.4, 0.5) is 0 Å². The summed E-state index contributed by atoms with van der Waals surface area (Å²) in [6, 6.07) is 13.5. The van der Waals surface area contributed by atoms with Crippen molar-refractivity contribution in [2.24, 2.45) is 5.73 Å². The van der Waals surface area contributed by atoms with E-state index in [1.165, 1.54) is 0 Å². The molecule has 3 rings (SSSR count). The number of halogens is 1. The van der Waals surface area contributed by atoms with Crippen molar-refractivity contribution in [3.05, 3.63) is 64.8 Å². The van der Waals surface area contributed by atoms with Gasteiger partial charge in [0.1, 0.15) is 12.4 Å². The first kappa shape index (κ1) is 16.2. The Kier molecular flexibility index (Phi) is 4.62. The van der Waals surface area contributed by atoms with E-state index in [1.54, 1.807) is 0 Å². The number of benzene rings is 2. The highest BCUT2D eigenvalue weighted by Crippen LogP contribution is 2.22. The van der Waals surface area contributed by atoms with Crippen molar-refractivity contribution in [2.75, 3.05) is 6.61 Å². The number of nitrogens with two attached hydrogens (primary N) is 1. The summed E-state index contributed by atoms with van der Waals surface area (Å²) in [5, 5.41) is 12.8. The van der Waals surface area contributed by atoms with Gasteiger partial charge in [0.25, 0.3) is 0 Å². The summed E-state index contributed by atoms with van der Waals surface area (Å²) in [4.78, 5) is 0. The smallest absolute Gasteiger partial charge is 0.313 e. The van der Waals surface area contributed by atoms with Crippen LogP contribution in [0.25, 0.3) is 10.9 Å². The Morgan fingerprint density at radius 2 is 2.08 bits per heavy atom. The molecule has 0 saturated heterocycles. The Morgan fingerprint density at radius 1 is 1.29 bits per heavy atom. The molecule has 5 nitrogen and oxygen atoms in total. The Hall–Kier alpha value is -2.66. The predicted molar refractivity (Wildman–Crippen MR) is 94.7 cm³/mol. The Morgan fingerprint density at radius 3 is 2.83 bits per heavy atom. The molecule has 0 radical (unpaired) electrons. The second-order valence-electron chi connectivity index (χ2n) is 5.54. The zero-order valence-electron chi connectivity index (χ0n) is 13.3. The number of ether oxygens (including phenoxy) is 1. The molecule has 0 aliphatic carbocycles. The van der Waals surface area contributed by atoms with Gasteiger partial charge >= 0.3 is 5.84 Å². The van der Waals surface area contributed by atoms with Gasteiger partial charge < -0.3 is 14.5 Å². The summed E-state index contributed by atoms with van der Waals surface area (Å²) in [7, 11) is 0. The fourth-order valence-electron chi connectivity index (χ4n) is 2.68. The third-order valence-electron chi connectivity index (χ3n) is 3.93. The Balaban J connectivity index is 1.79. The fraction of sp³-hybridized carbons (Fsp3) is 0.167. The topological polar surface area (TPSA) is 74.4 Å². The number of aryl methyl sites for hydroxylation is 1. The highest BCUT2D eigenvalue weighted by Gasteiger charge is 2.14. The quantitative estimate of drug-likeness (QED) is 0.286. The van der Waals surface area contributed by atoms with Crippen LogP contribution in [0.2, 0.25) is 5.02 Å². The normalized spacial score (nSPS) is 11.8. The molecule has 0 spiro atoms. The SMILES string of the molecule is Cc1cc(OCCn2cc(/C(N)=[NH+]/O)c3ccccc32)ccc1Cl. The van der Waals surface area contributed by atoms with Crippen molar-refractivity contribution in [2.45, 2.75) is 13.5 Å². The third-order valence-corrected chi connectivity index (χ3v) is 4.35. The van der Waals surface area contributed by atoms with E-state index >= 15 is 0 Å². The summed E-state index contributed by atoms with van der Waals surface area (Å²) in [6.07, 6.45) is 1.90. The largest absolute Gasteiger partial charge is 0.492 e. The van der Waals surface area contributed by atoms with Gasteiger partial charge in [0, 0.05) is 22.1 Å². The van der Waals surface area contributed by atoms with Crippen molar-refractivity contribution in [3.63, 3.8) is 0 Å². The molecule has 0 saturated carbocycles. The van der Waals surface area contributed by atoms with E-state index in [0.29, 0.717) is 13.2 Å². The number of para-hydroxylation sites is 1. The monoisotopic (exact) mass is 344 g/mol. The summed E-state index contributed by atoms with van der Waals surface area (Å²) in [5.74, 6) is 1.01. The molecule has 6 heteroatoms. The summed E-state index contributed by atoms with van der Waals surface area (Å²) < 4.78 is 7.86. The van der Waals surface area contributed by atoms with Crippen LogP contribution in [0.1, 0.15) is 11.1 Å². The summed E-state index contributed by atoms with van der Waals surface area (Å²) in [5.41, 5.74) is 8.60. The van der Waals surface area contributed by atoms with E-state index in [4.69, 9.17) is 27.3 Å². The molecule has 1 aromatic heterocycles. The Labute approximate surface area is 144 Å². The number of amidine groups is 1. The van der Waals surface area contributed by atoms with Crippen molar-refractivity contribution in [1.29, 1.82) is 0 Å². The van der Waals surface area contributed by atoms with Gasteiger partial charge in [0.2, 0.25) is 0 Å². The van der Waals surface area contributed by atoms with Crippen LogP contribution in [-0.4, -0.2) is 22.2 Å². The van der Waals surface area contributed by atoms with Crippen molar-refractivity contribution in [1.82, 2.24) is 4.57 Å². The van der Waals surface area contributed by atoms with E-state index < -0.39 is 0 Å². The van der Waals surface area contributed by atoms with Gasteiger partial charge in [-0.3, -0.25) is 5.73 Å². The zero-order chi connectivity index (χ0) is 17.1. The number of fused-ring (bicyclic) bond motifs is 1. The zero-order valence-corrected chi connectivity index (χ0v) is 14.0. The van der Waals surface area contributed by atoms with E-state index in [9.17, 15) is 0 Å². The molecular formula is C18H19ClN3O2+. The Bertz CT molecular complexity index is 902. The number of rotatable bonds is 5. The molecule has 0 aliphatic rings. The molecule has 0 amide bonds. The maximum Gasteiger partial charge on any atom is 0.313 e. The fourth-order valence-corrected chi connectivity index (χ4v) is 2.79. The van der Waals surface area contributed by atoms with Gasteiger partial charge in [-0.25, -0.2) is 0 Å². The minimum Gasteiger partial charge on any atom is -0.492 e. The van der Waals surface area contributed by atoms with Crippen LogP contribution >= 0.6 is 11.6 Å². The summed E-state index contributed by atoms with van der Waals surface area (Å²) in [6.45, 7) is 3.11. The standard InChI is InChI=1S/C18H18ClN3O2/c1-12-10-13(6-7-16(12)19)24-9-8-22-11-15(18(20)21-23)14-4-2-3-5-17(14)22/h2-7,10-11,23H,8-9H2,1H3,(H2,20,21)/p+1. The lowest BCUT2D eigenvalue weighted by Crippen LogP contribution is -2.71. The van der Waals surface area contributed by atoms with Gasteiger partial charge in [0.15, 0.2) is 0 Å². The van der Waals surface area contributed by atoms with Crippen LogP contribution in [0, 0.1) is 6.92 Å². The first-order valence-corrected chi connectivity index (χ1v) is 7.97. The van der Waals surface area contributed by atoms with Crippen LogP contribution in [0.15, 0.2) is 48.7 Å². The number of aromatic nitrogens is 1. The van der Waals surface area contributed by atoms with E-state index in [-0.39, 0.29) is 5.84 Å². The van der Waals surface area contributed by atoms with Gasteiger partial charge in [0.05, 0.1) is 12.1 Å². The van der Waals surface area contributed by atoms with Crippen molar-refractivity contribution in [3.8, 4) is 5.75 Å². The number of nitrogens with zero attached hydrogens (tertiary/aromatic N) is 1. The summed E-state index contributed by atoms with van der Waals surface area (Å²) >= 11 is 6.02. The second-order valence-corrected chi connectivity index (χ2v) is 5.95. The van der Waals surface area contributed by atoms with Crippen molar-refractivity contribution >= 4 is 28.3 Å². The number of hydrogen-bond acceptors (Lipinski definition) is 2. The maximum absolute atomic E-state index is 9.07. The van der Waals surface area contributed by atoms with Gasteiger partial charge in [-0.05, 0) is 36.8 Å². The number of nitrogens with one attached hydrogen (secondary N) is 1. The number of hydrogen-bond donors (Lipinski definition) is 3. The first-order chi connectivity index (χ1) is 11.6. The average molecular weight is 345 g/mol. The molecule has 24 heavy (non-hydrogen) atoms. The first-order valence-electron chi connectivity index (χ1n) is 7.60. The molecule has 0 bridgehead atoms. The van der Waals surface area contributed by atoms with Crippen LogP contribution in [-0.2, 0) is 6.54 Å². The third kappa shape index (κ3) is 3.16. The van der Waals surface area contributed by atoms with E-state index in [1.807, 2.05) is 60.7 Å². The molecule has 124 valence electrons. The predicted octanol–water partition coefficient (Wildman–Crippen LogP) is 1.86. The molecule has 2 aromatic carbocycles. The van der Waals surface area contributed by atoms with Gasteiger partial charge in [-0.2, -0.15) is 0 Å². The average Bonchev–Trinajstić information content (AvgIpc) is 2.96. The molecule has 0 fully saturated rings. The lowest BCUT2D eigenvalue weighted by Gasteiger charge is -2.09. The molecule has 0 atom stereocenters. The number of nitrogen functional groups attached to an aromatic ring is 1. The van der Waals surface area contributed by atoms with E-state index in [2.05, 4.69) is 4.57 Å². The van der Waals surface area contributed by atoms with Crippen molar-refractivity contribution < 1.29 is 15.1 Å². The lowest BCUT2D eigenvalue weighted by atomic mass is 10.1. The minimum atomic E-state index is 0.221. The maximum atomic E-state index is 9.07. The highest BCUT2D eigenvalue weighted by molar-refractivity contribution is 6.31. The van der Waals surface area contributed by atoms with Crippen LogP contribution < -0.4 is 15.6 Å². The molecule has 0 aliphatic heterocycles. The van der Waals surface area contributed by atoms with Gasteiger partial charge in [-0.1, -0.05) is 35.0 Å². The minimum absolute atomic E-state index is 0.221. The molecule has 1 heterocycles. The molecular weight excluding hydrogens is 326 g/mol. The second kappa shape index (κ2) is 6.84. The van der Waals surface area contributed by atoms with Crippen LogP contribution in [0.3, 0.4) is 0 Å². The molecule has 4 N–H and O–H groups in total. The highest BCUT2D eigenvalue weighted by atomic mass is 35.5.